The standard InChI is InChI=1S/C18H20N2O3/c1-19-12-11-18(17(13-19)14-5-3-2-4-6-14)23-16-9-7-15(8-10-16)20(21)22/h2-10,17-18H,11-13H2,1H3. The zero-order valence-electron chi connectivity index (χ0n) is 13.1. The van der Waals surface area contributed by atoms with Crippen molar-refractivity contribution in [1.29, 1.82) is 0 Å². The number of rotatable bonds is 4. The molecule has 1 saturated heterocycles. The van der Waals surface area contributed by atoms with Gasteiger partial charge < -0.3 is 9.64 Å². The molecule has 0 spiro atoms. The van der Waals surface area contributed by atoms with Gasteiger partial charge in [-0.1, -0.05) is 30.3 Å². The predicted octanol–water partition coefficient (Wildman–Crippen LogP) is 3.46. The number of hydrogen-bond acceptors (Lipinski definition) is 4. The summed E-state index contributed by atoms with van der Waals surface area (Å²) < 4.78 is 6.16. The number of benzene rings is 2. The molecule has 0 bridgehead atoms. The van der Waals surface area contributed by atoms with Crippen LogP contribution in [0, 0.1) is 10.1 Å². The Bertz CT molecular complexity index is 658. The van der Waals surface area contributed by atoms with Crippen LogP contribution in [0.15, 0.2) is 54.6 Å². The number of ether oxygens (including phenoxy) is 1. The molecule has 2 unspecified atom stereocenters. The molecule has 0 saturated carbocycles. The number of hydrogen-bond donors (Lipinski definition) is 0. The smallest absolute Gasteiger partial charge is 0.269 e. The first-order chi connectivity index (χ1) is 11.1. The van der Waals surface area contributed by atoms with Crippen LogP contribution in [-0.4, -0.2) is 36.1 Å². The van der Waals surface area contributed by atoms with Gasteiger partial charge in [-0.2, -0.15) is 0 Å². The maximum atomic E-state index is 10.7. The molecule has 2 aromatic rings. The average molecular weight is 312 g/mol. The third-order valence-corrected chi connectivity index (χ3v) is 4.32. The van der Waals surface area contributed by atoms with Crippen LogP contribution in [0.3, 0.4) is 0 Å². The van der Waals surface area contributed by atoms with Gasteiger partial charge in [-0.15, -0.1) is 0 Å². The highest BCUT2D eigenvalue weighted by Crippen LogP contribution is 2.30. The van der Waals surface area contributed by atoms with E-state index in [2.05, 4.69) is 24.1 Å². The number of nitro groups is 1. The minimum atomic E-state index is -0.397. The Kier molecular flexibility index (Phi) is 4.57. The maximum absolute atomic E-state index is 10.7. The molecule has 0 aromatic heterocycles. The maximum Gasteiger partial charge on any atom is 0.269 e. The van der Waals surface area contributed by atoms with Gasteiger partial charge in [0.2, 0.25) is 0 Å². The van der Waals surface area contributed by atoms with Gasteiger partial charge in [-0.25, -0.2) is 0 Å². The Morgan fingerprint density at radius 2 is 1.83 bits per heavy atom. The van der Waals surface area contributed by atoms with Crippen LogP contribution in [0.1, 0.15) is 17.9 Å². The second kappa shape index (κ2) is 6.79. The van der Waals surface area contributed by atoms with E-state index in [4.69, 9.17) is 4.74 Å². The molecule has 5 nitrogen and oxygen atoms in total. The van der Waals surface area contributed by atoms with Crippen molar-refractivity contribution in [2.45, 2.75) is 18.4 Å². The molecule has 3 rings (SSSR count). The van der Waals surface area contributed by atoms with E-state index in [1.165, 1.54) is 17.7 Å². The van der Waals surface area contributed by atoms with Gasteiger partial charge in [0.15, 0.2) is 0 Å². The summed E-state index contributed by atoms with van der Waals surface area (Å²) in [5.74, 6) is 0.983. The van der Waals surface area contributed by atoms with E-state index >= 15 is 0 Å². The van der Waals surface area contributed by atoms with Gasteiger partial charge >= 0.3 is 0 Å². The van der Waals surface area contributed by atoms with Gasteiger partial charge in [0.1, 0.15) is 11.9 Å². The molecule has 5 heteroatoms. The quantitative estimate of drug-likeness (QED) is 0.641. The molecule has 1 aliphatic heterocycles. The number of nitrogens with zero attached hydrogens (tertiary/aromatic N) is 2. The van der Waals surface area contributed by atoms with Crippen molar-refractivity contribution in [3.63, 3.8) is 0 Å². The molecular formula is C18H20N2O3. The highest BCUT2D eigenvalue weighted by atomic mass is 16.6. The summed E-state index contributed by atoms with van der Waals surface area (Å²) in [6.45, 7) is 1.93. The van der Waals surface area contributed by atoms with E-state index in [1.54, 1.807) is 12.1 Å². The largest absolute Gasteiger partial charge is 0.490 e. The molecule has 2 atom stereocenters. The van der Waals surface area contributed by atoms with Crippen molar-refractivity contribution in [3.8, 4) is 5.75 Å². The molecular weight excluding hydrogens is 292 g/mol. The van der Waals surface area contributed by atoms with Crippen molar-refractivity contribution in [1.82, 2.24) is 4.90 Å². The molecule has 1 aliphatic rings. The summed E-state index contributed by atoms with van der Waals surface area (Å²) in [7, 11) is 2.12. The van der Waals surface area contributed by atoms with Gasteiger partial charge in [0, 0.05) is 31.1 Å². The second-order valence-electron chi connectivity index (χ2n) is 5.98. The van der Waals surface area contributed by atoms with Crippen molar-refractivity contribution >= 4 is 5.69 Å². The summed E-state index contributed by atoms with van der Waals surface area (Å²) in [6, 6.07) is 16.7. The minimum Gasteiger partial charge on any atom is -0.490 e. The lowest BCUT2D eigenvalue weighted by Crippen LogP contribution is -2.42. The zero-order chi connectivity index (χ0) is 16.2. The first kappa shape index (κ1) is 15.5. The predicted molar refractivity (Wildman–Crippen MR) is 88.8 cm³/mol. The molecule has 0 aliphatic carbocycles. The van der Waals surface area contributed by atoms with Crippen LogP contribution < -0.4 is 4.74 Å². The Hall–Kier alpha value is -2.40. The summed E-state index contributed by atoms with van der Waals surface area (Å²) in [4.78, 5) is 12.7. The van der Waals surface area contributed by atoms with E-state index in [0.717, 1.165) is 19.5 Å². The van der Waals surface area contributed by atoms with Gasteiger partial charge in [-0.05, 0) is 31.2 Å². The minimum absolute atomic E-state index is 0.0788. The summed E-state index contributed by atoms with van der Waals surface area (Å²) in [5, 5.41) is 10.7. The molecule has 1 fully saturated rings. The average Bonchev–Trinajstić information content (AvgIpc) is 2.58. The molecule has 2 aromatic carbocycles. The highest BCUT2D eigenvalue weighted by Gasteiger charge is 2.30. The molecule has 120 valence electrons. The van der Waals surface area contributed by atoms with E-state index < -0.39 is 4.92 Å². The lowest BCUT2D eigenvalue weighted by molar-refractivity contribution is -0.384. The lowest BCUT2D eigenvalue weighted by Gasteiger charge is -2.37. The SMILES string of the molecule is CN1CCC(Oc2ccc([N+](=O)[O-])cc2)C(c2ccccc2)C1. The Morgan fingerprint density at radius 1 is 1.13 bits per heavy atom. The van der Waals surface area contributed by atoms with Gasteiger partial charge in [0.05, 0.1) is 4.92 Å². The van der Waals surface area contributed by atoms with Crippen LogP contribution in [0.2, 0.25) is 0 Å². The van der Waals surface area contributed by atoms with Crippen LogP contribution in [0.25, 0.3) is 0 Å². The monoisotopic (exact) mass is 312 g/mol. The number of non-ortho nitro benzene ring substituents is 1. The number of piperidine rings is 1. The molecule has 0 N–H and O–H groups in total. The fourth-order valence-corrected chi connectivity index (χ4v) is 3.08. The Labute approximate surface area is 135 Å². The molecule has 1 heterocycles. The third kappa shape index (κ3) is 3.68. The van der Waals surface area contributed by atoms with Gasteiger partial charge in [0.25, 0.3) is 5.69 Å². The Morgan fingerprint density at radius 3 is 2.48 bits per heavy atom. The first-order valence-electron chi connectivity index (χ1n) is 7.78. The zero-order valence-corrected chi connectivity index (χ0v) is 13.1. The van der Waals surface area contributed by atoms with Crippen molar-refractivity contribution < 1.29 is 9.66 Å². The molecule has 23 heavy (non-hydrogen) atoms. The van der Waals surface area contributed by atoms with E-state index in [1.807, 2.05) is 18.2 Å². The summed E-state index contributed by atoms with van der Waals surface area (Å²) in [6.07, 6.45) is 1.02. The Balaban J connectivity index is 1.77. The van der Waals surface area contributed by atoms with Crippen molar-refractivity contribution in [3.05, 3.63) is 70.3 Å². The third-order valence-electron chi connectivity index (χ3n) is 4.32. The summed E-state index contributed by atoms with van der Waals surface area (Å²) in [5.41, 5.74) is 1.35. The first-order valence-corrected chi connectivity index (χ1v) is 7.78. The molecule has 0 amide bonds. The van der Waals surface area contributed by atoms with Crippen LogP contribution in [-0.2, 0) is 0 Å². The number of likely N-dealkylation sites (N-methyl/N-ethyl adjacent to an activating group) is 1. The fourth-order valence-electron chi connectivity index (χ4n) is 3.08. The van der Waals surface area contributed by atoms with E-state index in [0.29, 0.717) is 11.7 Å². The van der Waals surface area contributed by atoms with Crippen LogP contribution in [0.4, 0.5) is 5.69 Å². The molecule has 0 radical (unpaired) electrons. The number of likely N-dealkylation sites (tertiary alicyclic amines) is 1. The fraction of sp³-hybridized carbons (Fsp3) is 0.333. The highest BCUT2D eigenvalue weighted by molar-refractivity contribution is 5.36. The topological polar surface area (TPSA) is 55.6 Å². The van der Waals surface area contributed by atoms with Gasteiger partial charge in [-0.3, -0.25) is 10.1 Å². The van der Waals surface area contributed by atoms with Crippen molar-refractivity contribution in [2.24, 2.45) is 0 Å². The lowest BCUT2D eigenvalue weighted by atomic mass is 9.88. The summed E-state index contributed by atoms with van der Waals surface area (Å²) >= 11 is 0. The normalized spacial score (nSPS) is 21.8. The van der Waals surface area contributed by atoms with E-state index in [9.17, 15) is 10.1 Å². The van der Waals surface area contributed by atoms with Crippen LogP contribution in [0.5, 0.6) is 5.75 Å². The number of nitro benzene ring substituents is 1. The van der Waals surface area contributed by atoms with Crippen LogP contribution >= 0.6 is 0 Å². The van der Waals surface area contributed by atoms with E-state index in [-0.39, 0.29) is 11.8 Å². The van der Waals surface area contributed by atoms with Crippen molar-refractivity contribution in [2.75, 3.05) is 20.1 Å². The second-order valence-corrected chi connectivity index (χ2v) is 5.98.